The highest BCUT2D eigenvalue weighted by atomic mass is 16.5. The van der Waals surface area contributed by atoms with Gasteiger partial charge in [0.15, 0.2) is 0 Å². The van der Waals surface area contributed by atoms with Crippen LogP contribution in [0.25, 0.3) is 0 Å². The maximum atomic E-state index is 4.97. The van der Waals surface area contributed by atoms with E-state index in [4.69, 9.17) is 4.74 Å². The van der Waals surface area contributed by atoms with E-state index in [2.05, 4.69) is 6.92 Å². The van der Waals surface area contributed by atoms with Crippen LogP contribution >= 0.6 is 0 Å². The first-order valence-corrected chi connectivity index (χ1v) is 2.37. The van der Waals surface area contributed by atoms with Crippen molar-refractivity contribution in [1.82, 2.24) is 0 Å². The zero-order valence-electron chi connectivity index (χ0n) is 4.27. The van der Waals surface area contributed by atoms with Gasteiger partial charge in [-0.3, -0.25) is 0 Å². The Morgan fingerprint density at radius 1 is 1.67 bits per heavy atom. The maximum Gasteiger partial charge on any atom is 0.0601 e. The predicted molar refractivity (Wildman–Crippen MR) is 24.6 cm³/mol. The Balaban J connectivity index is 2.09. The molecule has 1 saturated carbocycles. The molecule has 36 valence electrons. The van der Waals surface area contributed by atoms with Crippen molar-refractivity contribution in [3.8, 4) is 0 Å². The smallest absolute Gasteiger partial charge is 0.0601 e. The molecule has 0 aromatic carbocycles. The highest BCUT2D eigenvalue weighted by Gasteiger charge is 2.31. The fraction of sp³-hybridized carbons (Fsp3) is 1.00. The summed E-state index contributed by atoms with van der Waals surface area (Å²) in [7, 11) is 1.77. The second-order valence-corrected chi connectivity index (χ2v) is 1.99. The molecule has 1 nitrogen and oxygen atoms in total. The Labute approximate surface area is 38.3 Å². The van der Waals surface area contributed by atoms with Crippen LogP contribution in [-0.4, -0.2) is 13.2 Å². The summed E-state index contributed by atoms with van der Waals surface area (Å²) in [5.74, 6) is 0.843. The highest BCUT2D eigenvalue weighted by Crippen LogP contribution is 2.31. The van der Waals surface area contributed by atoms with E-state index in [0.717, 1.165) is 5.92 Å². The molecule has 1 rings (SSSR count). The van der Waals surface area contributed by atoms with Gasteiger partial charge in [-0.05, 0) is 12.3 Å². The van der Waals surface area contributed by atoms with Crippen molar-refractivity contribution in [2.24, 2.45) is 5.92 Å². The first kappa shape index (κ1) is 4.13. The quantitative estimate of drug-likeness (QED) is 0.463. The van der Waals surface area contributed by atoms with E-state index in [9.17, 15) is 0 Å². The average molecular weight is 86.1 g/mol. The number of methoxy groups -OCH3 is 1. The third-order valence-corrected chi connectivity index (χ3v) is 1.34. The van der Waals surface area contributed by atoms with Gasteiger partial charge in [-0.1, -0.05) is 6.92 Å². The van der Waals surface area contributed by atoms with Crippen molar-refractivity contribution in [3.63, 3.8) is 0 Å². The van der Waals surface area contributed by atoms with Gasteiger partial charge in [-0.2, -0.15) is 0 Å². The van der Waals surface area contributed by atoms with E-state index < -0.39 is 0 Å². The molecule has 1 aliphatic carbocycles. The molecule has 0 aromatic heterocycles. The summed E-state index contributed by atoms with van der Waals surface area (Å²) in [4.78, 5) is 0. The lowest BCUT2D eigenvalue weighted by Crippen LogP contribution is -1.85. The molecule has 2 atom stereocenters. The summed E-state index contributed by atoms with van der Waals surface area (Å²) < 4.78 is 4.97. The van der Waals surface area contributed by atoms with Gasteiger partial charge in [0.1, 0.15) is 0 Å². The second kappa shape index (κ2) is 1.23. The molecule has 1 heteroatoms. The molecule has 0 aliphatic heterocycles. The first-order valence-electron chi connectivity index (χ1n) is 2.37. The highest BCUT2D eigenvalue weighted by molar-refractivity contribution is 4.82. The Morgan fingerprint density at radius 2 is 2.17 bits per heavy atom. The van der Waals surface area contributed by atoms with E-state index in [-0.39, 0.29) is 0 Å². The van der Waals surface area contributed by atoms with Gasteiger partial charge in [0.2, 0.25) is 0 Å². The van der Waals surface area contributed by atoms with Crippen LogP contribution in [0.5, 0.6) is 0 Å². The maximum absolute atomic E-state index is 4.97. The van der Waals surface area contributed by atoms with Crippen molar-refractivity contribution in [2.75, 3.05) is 7.11 Å². The number of hydrogen-bond donors (Lipinski definition) is 0. The first-order chi connectivity index (χ1) is 2.84. The van der Waals surface area contributed by atoms with Crippen molar-refractivity contribution in [1.29, 1.82) is 0 Å². The lowest BCUT2D eigenvalue weighted by atomic mass is 10.5. The van der Waals surface area contributed by atoms with E-state index in [0.29, 0.717) is 6.10 Å². The molecule has 0 unspecified atom stereocenters. The van der Waals surface area contributed by atoms with Gasteiger partial charge in [0.25, 0.3) is 0 Å². The van der Waals surface area contributed by atoms with E-state index >= 15 is 0 Å². The van der Waals surface area contributed by atoms with Gasteiger partial charge in [-0.25, -0.2) is 0 Å². The van der Waals surface area contributed by atoms with Crippen molar-refractivity contribution >= 4 is 0 Å². The monoisotopic (exact) mass is 86.1 g/mol. The van der Waals surface area contributed by atoms with Crippen LogP contribution in [-0.2, 0) is 4.74 Å². The van der Waals surface area contributed by atoms with Crippen LogP contribution in [0, 0.1) is 5.92 Å². The van der Waals surface area contributed by atoms with E-state index in [1.54, 1.807) is 7.11 Å². The average Bonchev–Trinajstić information content (AvgIpc) is 2.19. The number of rotatable bonds is 1. The standard InChI is InChI=1S/C5H10O/c1-4-3-5(4)6-2/h4-5H,3H2,1-2H3/t4-,5+/m1/s1. The van der Waals surface area contributed by atoms with Crippen molar-refractivity contribution in [3.05, 3.63) is 0 Å². The zero-order valence-corrected chi connectivity index (χ0v) is 4.27. The fourth-order valence-electron chi connectivity index (χ4n) is 0.616. The summed E-state index contributed by atoms with van der Waals surface area (Å²) in [5, 5.41) is 0. The number of hydrogen-bond acceptors (Lipinski definition) is 1. The molecule has 0 bridgehead atoms. The Hall–Kier alpha value is -0.0400. The molecule has 0 heterocycles. The van der Waals surface area contributed by atoms with Crippen LogP contribution in [0.3, 0.4) is 0 Å². The Bertz CT molecular complexity index is 49.9. The number of ether oxygens (including phenoxy) is 1. The van der Waals surface area contributed by atoms with Gasteiger partial charge < -0.3 is 4.74 Å². The van der Waals surface area contributed by atoms with E-state index in [1.807, 2.05) is 0 Å². The summed E-state index contributed by atoms with van der Waals surface area (Å²) in [5.41, 5.74) is 0. The molecule has 0 spiro atoms. The van der Waals surface area contributed by atoms with Crippen molar-refractivity contribution < 1.29 is 4.74 Å². The van der Waals surface area contributed by atoms with Crippen LogP contribution in [0.15, 0.2) is 0 Å². The summed E-state index contributed by atoms with van der Waals surface area (Å²) in [6.07, 6.45) is 1.88. The molecule has 6 heavy (non-hydrogen) atoms. The van der Waals surface area contributed by atoms with Crippen LogP contribution in [0.2, 0.25) is 0 Å². The minimum Gasteiger partial charge on any atom is -0.381 e. The fourth-order valence-corrected chi connectivity index (χ4v) is 0.616. The Morgan fingerprint density at radius 3 is 2.17 bits per heavy atom. The van der Waals surface area contributed by atoms with Gasteiger partial charge in [0.05, 0.1) is 6.10 Å². The largest absolute Gasteiger partial charge is 0.381 e. The summed E-state index contributed by atoms with van der Waals surface area (Å²) in [6, 6.07) is 0. The molecule has 1 aliphatic rings. The molecular formula is C5H10O. The van der Waals surface area contributed by atoms with Gasteiger partial charge in [0, 0.05) is 7.11 Å². The minimum atomic E-state index is 0.602. The topological polar surface area (TPSA) is 9.23 Å². The Kier molecular flexibility index (Phi) is 0.845. The minimum absolute atomic E-state index is 0.602. The molecule has 1 fully saturated rings. The molecule has 0 amide bonds. The molecule has 0 aromatic rings. The van der Waals surface area contributed by atoms with Crippen LogP contribution in [0.1, 0.15) is 13.3 Å². The molecule has 0 N–H and O–H groups in total. The summed E-state index contributed by atoms with van der Waals surface area (Å²) in [6.45, 7) is 2.20. The normalized spacial score (nSPS) is 43.0. The summed E-state index contributed by atoms with van der Waals surface area (Å²) >= 11 is 0. The third-order valence-electron chi connectivity index (χ3n) is 1.34. The second-order valence-electron chi connectivity index (χ2n) is 1.99. The van der Waals surface area contributed by atoms with Crippen LogP contribution < -0.4 is 0 Å². The predicted octanol–water partition coefficient (Wildman–Crippen LogP) is 1.04. The lowest BCUT2D eigenvalue weighted by Gasteiger charge is -1.84. The molecular weight excluding hydrogens is 76.1 g/mol. The molecule has 0 saturated heterocycles. The van der Waals surface area contributed by atoms with Crippen molar-refractivity contribution in [2.45, 2.75) is 19.4 Å². The lowest BCUT2D eigenvalue weighted by molar-refractivity contribution is 0.172. The van der Waals surface area contributed by atoms with Crippen LogP contribution in [0.4, 0.5) is 0 Å². The van der Waals surface area contributed by atoms with Gasteiger partial charge >= 0.3 is 0 Å². The van der Waals surface area contributed by atoms with Gasteiger partial charge in [-0.15, -0.1) is 0 Å². The van der Waals surface area contributed by atoms with E-state index in [1.165, 1.54) is 6.42 Å². The molecule has 0 radical (unpaired) electrons. The zero-order chi connectivity index (χ0) is 4.57. The third kappa shape index (κ3) is 0.548. The SMILES string of the molecule is CO[C@H]1C[C@H]1C.